The zero-order chi connectivity index (χ0) is 19.4. The number of nitrogens with zero attached hydrogens (tertiary/aromatic N) is 2. The van der Waals surface area contributed by atoms with Crippen molar-refractivity contribution in [1.29, 1.82) is 0 Å². The summed E-state index contributed by atoms with van der Waals surface area (Å²) in [5.41, 5.74) is 2.65. The van der Waals surface area contributed by atoms with Gasteiger partial charge >= 0.3 is 0 Å². The molecule has 3 rings (SSSR count). The number of aromatic nitrogens is 1. The molecule has 0 spiro atoms. The van der Waals surface area contributed by atoms with E-state index in [1.54, 1.807) is 23.6 Å². The van der Waals surface area contributed by atoms with Gasteiger partial charge in [-0.3, -0.25) is 4.79 Å². The fourth-order valence-corrected chi connectivity index (χ4v) is 4.85. The second-order valence-corrected chi connectivity index (χ2v) is 8.74. The predicted molar refractivity (Wildman–Crippen MR) is 108 cm³/mol. The molecule has 8 heteroatoms. The molecule has 1 amide bonds. The van der Waals surface area contributed by atoms with Crippen LogP contribution in [0.3, 0.4) is 0 Å². The maximum absolute atomic E-state index is 13.0. The highest BCUT2D eigenvalue weighted by Crippen LogP contribution is 2.25. The Labute approximate surface area is 162 Å². The second-order valence-electron chi connectivity index (χ2n) is 6.01. The van der Waals surface area contributed by atoms with E-state index >= 15 is 0 Å². The van der Waals surface area contributed by atoms with Gasteiger partial charge in [0.15, 0.2) is 5.13 Å². The minimum atomic E-state index is -3.91. The van der Waals surface area contributed by atoms with Crippen molar-refractivity contribution in [3.63, 3.8) is 0 Å². The lowest BCUT2D eigenvalue weighted by Crippen LogP contribution is -2.38. The maximum atomic E-state index is 13.0. The Bertz CT molecular complexity index is 1030. The van der Waals surface area contributed by atoms with Crippen molar-refractivity contribution in [2.45, 2.75) is 18.7 Å². The molecule has 1 aromatic heterocycles. The topological polar surface area (TPSA) is 79.4 Å². The average molecular weight is 402 g/mol. The van der Waals surface area contributed by atoms with Gasteiger partial charge in [0, 0.05) is 17.3 Å². The highest BCUT2D eigenvalue weighted by molar-refractivity contribution is 7.93. The number of hydrogen-bond donors (Lipinski definition) is 1. The van der Waals surface area contributed by atoms with E-state index in [0.29, 0.717) is 5.69 Å². The van der Waals surface area contributed by atoms with Crippen LogP contribution in [0.1, 0.15) is 11.1 Å². The van der Waals surface area contributed by atoms with Crippen molar-refractivity contribution in [3.8, 4) is 0 Å². The molecule has 0 radical (unpaired) electrons. The number of sulfonamides is 1. The molecule has 0 unspecified atom stereocenters. The van der Waals surface area contributed by atoms with E-state index in [0.717, 1.165) is 26.8 Å². The van der Waals surface area contributed by atoms with Gasteiger partial charge in [-0.25, -0.2) is 17.7 Å². The molecule has 6 nitrogen and oxygen atoms in total. The van der Waals surface area contributed by atoms with Crippen LogP contribution in [-0.4, -0.2) is 25.9 Å². The Balaban J connectivity index is 1.88. The third-order valence-corrected chi connectivity index (χ3v) is 6.57. The Kier molecular flexibility index (Phi) is 5.57. The first-order chi connectivity index (χ1) is 12.9. The van der Waals surface area contributed by atoms with Gasteiger partial charge in [0.2, 0.25) is 5.91 Å². The zero-order valence-electron chi connectivity index (χ0n) is 14.9. The minimum Gasteiger partial charge on any atom is -0.324 e. The Morgan fingerprint density at radius 2 is 1.89 bits per heavy atom. The molecule has 0 aliphatic rings. The van der Waals surface area contributed by atoms with E-state index in [9.17, 15) is 13.2 Å². The van der Waals surface area contributed by atoms with Crippen molar-refractivity contribution in [3.05, 3.63) is 71.2 Å². The molecular weight excluding hydrogens is 382 g/mol. The van der Waals surface area contributed by atoms with Crippen molar-refractivity contribution in [2.75, 3.05) is 16.2 Å². The number of benzene rings is 2. The van der Waals surface area contributed by atoms with Crippen molar-refractivity contribution < 1.29 is 13.2 Å². The third-order valence-electron chi connectivity index (χ3n) is 3.91. The monoisotopic (exact) mass is 401 g/mol. The fourth-order valence-electron chi connectivity index (χ4n) is 2.59. The molecular formula is C19H19N3O3S2. The first-order valence-corrected chi connectivity index (χ1v) is 10.5. The highest BCUT2D eigenvalue weighted by Gasteiger charge is 2.28. The van der Waals surface area contributed by atoms with Crippen LogP contribution in [0.25, 0.3) is 0 Å². The summed E-state index contributed by atoms with van der Waals surface area (Å²) in [6, 6.07) is 13.7. The Morgan fingerprint density at radius 1 is 1.15 bits per heavy atom. The number of carbonyl (C=O) groups is 1. The summed E-state index contributed by atoms with van der Waals surface area (Å²) >= 11 is 1.16. The van der Waals surface area contributed by atoms with E-state index in [2.05, 4.69) is 10.3 Å². The second kappa shape index (κ2) is 7.89. The zero-order valence-corrected chi connectivity index (χ0v) is 16.5. The molecule has 3 aromatic rings. The first kappa shape index (κ1) is 19.1. The molecule has 0 aliphatic heterocycles. The van der Waals surface area contributed by atoms with Gasteiger partial charge in [-0.05, 0) is 37.6 Å². The molecule has 0 aliphatic carbocycles. The molecule has 0 bridgehead atoms. The van der Waals surface area contributed by atoms with Gasteiger partial charge in [0.25, 0.3) is 10.0 Å². The van der Waals surface area contributed by atoms with E-state index in [1.807, 2.05) is 32.0 Å². The van der Waals surface area contributed by atoms with E-state index in [4.69, 9.17) is 0 Å². The largest absolute Gasteiger partial charge is 0.324 e. The third kappa shape index (κ3) is 4.35. The lowest BCUT2D eigenvalue weighted by Gasteiger charge is -2.21. The summed E-state index contributed by atoms with van der Waals surface area (Å²) in [4.78, 5) is 16.8. The molecule has 0 saturated heterocycles. The molecule has 0 saturated carbocycles. The normalized spacial score (nSPS) is 11.2. The lowest BCUT2D eigenvalue weighted by molar-refractivity contribution is -0.114. The van der Waals surface area contributed by atoms with Crippen LogP contribution in [0.2, 0.25) is 0 Å². The Hall–Kier alpha value is -2.71. The van der Waals surface area contributed by atoms with Gasteiger partial charge in [0.05, 0.1) is 4.90 Å². The van der Waals surface area contributed by atoms with Crippen LogP contribution in [0.15, 0.2) is 65.0 Å². The molecule has 1 N–H and O–H groups in total. The maximum Gasteiger partial charge on any atom is 0.266 e. The molecule has 1 heterocycles. The number of aryl methyl sites for hydroxylation is 2. The number of amides is 1. The van der Waals surface area contributed by atoms with Crippen molar-refractivity contribution in [1.82, 2.24) is 4.98 Å². The summed E-state index contributed by atoms with van der Waals surface area (Å²) in [7, 11) is -3.91. The number of anilines is 2. The van der Waals surface area contributed by atoms with E-state index in [1.165, 1.54) is 18.3 Å². The minimum absolute atomic E-state index is 0.111. The number of rotatable bonds is 6. The summed E-state index contributed by atoms with van der Waals surface area (Å²) in [5.74, 6) is -0.434. The Morgan fingerprint density at radius 3 is 2.52 bits per heavy atom. The van der Waals surface area contributed by atoms with Crippen LogP contribution in [-0.2, 0) is 14.8 Å². The number of thiazole rings is 1. The average Bonchev–Trinajstić information content (AvgIpc) is 3.17. The van der Waals surface area contributed by atoms with Crippen LogP contribution in [0.4, 0.5) is 10.8 Å². The lowest BCUT2D eigenvalue weighted by atomic mass is 10.1. The molecule has 27 heavy (non-hydrogen) atoms. The van der Waals surface area contributed by atoms with Crippen LogP contribution < -0.4 is 9.62 Å². The molecule has 0 fully saturated rings. The standard InChI is InChI=1S/C19H19N3O3S2/c1-14-8-9-17(15(2)12-14)21-18(23)13-22(19-20-10-11-26-19)27(24,25)16-6-4-3-5-7-16/h3-12H,13H2,1-2H3,(H,21,23). The fraction of sp³-hybridized carbons (Fsp3) is 0.158. The number of hydrogen-bond acceptors (Lipinski definition) is 5. The number of carbonyl (C=O) groups excluding carboxylic acids is 1. The van der Waals surface area contributed by atoms with Gasteiger partial charge in [-0.2, -0.15) is 0 Å². The van der Waals surface area contributed by atoms with Crippen molar-refractivity contribution in [2.24, 2.45) is 0 Å². The summed E-state index contributed by atoms with van der Waals surface area (Å²) in [6.45, 7) is 3.50. The predicted octanol–water partition coefficient (Wildman–Crippen LogP) is 3.59. The van der Waals surface area contributed by atoms with Gasteiger partial charge in [-0.1, -0.05) is 35.9 Å². The highest BCUT2D eigenvalue weighted by atomic mass is 32.2. The molecule has 0 atom stereocenters. The SMILES string of the molecule is Cc1ccc(NC(=O)CN(c2nccs2)S(=O)(=O)c2ccccc2)c(C)c1. The summed E-state index contributed by atoms with van der Waals surface area (Å²) in [6.07, 6.45) is 1.51. The van der Waals surface area contributed by atoms with Gasteiger partial charge < -0.3 is 5.32 Å². The van der Waals surface area contributed by atoms with Gasteiger partial charge in [0.1, 0.15) is 6.54 Å². The number of nitrogens with one attached hydrogen (secondary N) is 1. The van der Waals surface area contributed by atoms with Crippen molar-refractivity contribution >= 4 is 38.1 Å². The van der Waals surface area contributed by atoms with Gasteiger partial charge in [-0.15, -0.1) is 11.3 Å². The van der Waals surface area contributed by atoms with Crippen LogP contribution >= 0.6 is 11.3 Å². The van der Waals surface area contributed by atoms with E-state index < -0.39 is 15.9 Å². The smallest absolute Gasteiger partial charge is 0.266 e. The van der Waals surface area contributed by atoms with E-state index in [-0.39, 0.29) is 16.6 Å². The molecule has 140 valence electrons. The molecule has 2 aromatic carbocycles. The summed E-state index contributed by atoms with van der Waals surface area (Å²) < 4.78 is 27.1. The quantitative estimate of drug-likeness (QED) is 0.684. The first-order valence-electron chi connectivity index (χ1n) is 8.22. The van der Waals surface area contributed by atoms with Crippen LogP contribution in [0.5, 0.6) is 0 Å². The van der Waals surface area contributed by atoms with Crippen LogP contribution in [0, 0.1) is 13.8 Å². The summed E-state index contributed by atoms with van der Waals surface area (Å²) in [5, 5.41) is 4.70.